The normalized spacial score (nSPS) is 19.7. The Balaban J connectivity index is 1.62. The molecule has 178 valence electrons. The second-order valence-corrected chi connectivity index (χ2v) is 9.55. The molecule has 1 fully saturated rings. The number of carbonyl (C=O) groups is 2. The summed E-state index contributed by atoms with van der Waals surface area (Å²) in [5, 5.41) is 3.15. The van der Waals surface area contributed by atoms with Crippen molar-refractivity contribution in [2.75, 3.05) is 16.0 Å². The first-order valence-corrected chi connectivity index (χ1v) is 12.1. The van der Waals surface area contributed by atoms with Crippen LogP contribution in [0.25, 0.3) is 0 Å². The van der Waals surface area contributed by atoms with Gasteiger partial charge in [0.1, 0.15) is 6.04 Å². The van der Waals surface area contributed by atoms with Crippen molar-refractivity contribution >= 4 is 35.0 Å². The van der Waals surface area contributed by atoms with Crippen LogP contribution in [0.2, 0.25) is 0 Å². The van der Waals surface area contributed by atoms with Crippen LogP contribution in [0.5, 0.6) is 0 Å². The molecule has 1 aliphatic carbocycles. The Kier molecular flexibility index (Phi) is 6.74. The van der Waals surface area contributed by atoms with Gasteiger partial charge in [-0.3, -0.25) is 14.5 Å². The van der Waals surface area contributed by atoms with E-state index < -0.39 is 30.5 Å². The lowest BCUT2D eigenvalue weighted by Gasteiger charge is -2.31. The molecule has 6 nitrogen and oxygen atoms in total. The monoisotopic (exact) mass is 480 g/mol. The third kappa shape index (κ3) is 4.90. The highest BCUT2D eigenvalue weighted by Gasteiger charge is 2.49. The van der Waals surface area contributed by atoms with Crippen LogP contribution in [0.1, 0.15) is 56.0 Å². The number of fused-ring (bicyclic) bond motifs is 1. The van der Waals surface area contributed by atoms with Gasteiger partial charge in [-0.15, -0.1) is 0 Å². The van der Waals surface area contributed by atoms with Gasteiger partial charge in [0.15, 0.2) is 5.16 Å². The average Bonchev–Trinajstić information content (AvgIpc) is 2.96. The minimum absolute atomic E-state index is 0.0549. The number of nitrogens with one attached hydrogen (secondary N) is 1. The highest BCUT2D eigenvalue weighted by atomic mass is 32.2. The summed E-state index contributed by atoms with van der Waals surface area (Å²) in [6, 6.07) is 4.16. The van der Waals surface area contributed by atoms with Crippen molar-refractivity contribution in [2.24, 2.45) is 0 Å². The van der Waals surface area contributed by atoms with E-state index in [4.69, 9.17) is 0 Å². The molecule has 2 aliphatic rings. The fraction of sp³-hybridized carbons (Fsp3) is 0.522. The van der Waals surface area contributed by atoms with Gasteiger partial charge in [0, 0.05) is 11.7 Å². The number of nitrogens with zero attached hydrogens (tertiary/aromatic N) is 3. The van der Waals surface area contributed by atoms with Crippen LogP contribution in [0.4, 0.5) is 24.5 Å². The number of para-hydroxylation sites is 2. The minimum Gasteiger partial charge on any atom is -0.324 e. The maximum Gasteiger partial charge on any atom is 0.409 e. The molecule has 33 heavy (non-hydrogen) atoms. The second kappa shape index (κ2) is 9.40. The SMILES string of the molecule is Cc1nc(SCC(=O)N2c3ccccc3NC(=O)CC2C(F)(F)F)n(C2CCCCC2)c1C. The molecule has 1 aromatic heterocycles. The number of amides is 2. The summed E-state index contributed by atoms with van der Waals surface area (Å²) < 4.78 is 43.9. The third-order valence-electron chi connectivity index (χ3n) is 6.39. The number of aryl methyl sites for hydroxylation is 1. The Morgan fingerprint density at radius 1 is 1.18 bits per heavy atom. The molecule has 2 heterocycles. The zero-order valence-electron chi connectivity index (χ0n) is 18.6. The van der Waals surface area contributed by atoms with Gasteiger partial charge in [-0.2, -0.15) is 13.2 Å². The first-order valence-electron chi connectivity index (χ1n) is 11.1. The summed E-state index contributed by atoms with van der Waals surface area (Å²) in [6.07, 6.45) is -0.0773. The van der Waals surface area contributed by atoms with Crippen molar-refractivity contribution in [3.8, 4) is 0 Å². The third-order valence-corrected chi connectivity index (χ3v) is 7.33. The van der Waals surface area contributed by atoms with E-state index in [-0.39, 0.29) is 17.1 Å². The molecule has 1 N–H and O–H groups in total. The van der Waals surface area contributed by atoms with Gasteiger partial charge < -0.3 is 9.88 Å². The Morgan fingerprint density at radius 3 is 2.58 bits per heavy atom. The van der Waals surface area contributed by atoms with E-state index >= 15 is 0 Å². The summed E-state index contributed by atoms with van der Waals surface area (Å²) in [4.78, 5) is 30.7. The van der Waals surface area contributed by atoms with Gasteiger partial charge in [0.2, 0.25) is 11.8 Å². The number of alkyl halides is 3. The molecule has 0 spiro atoms. The Hall–Kier alpha value is -2.49. The molecule has 1 atom stereocenters. The van der Waals surface area contributed by atoms with Crippen LogP contribution in [-0.4, -0.2) is 39.3 Å². The van der Waals surface area contributed by atoms with E-state index in [0.717, 1.165) is 53.7 Å². The van der Waals surface area contributed by atoms with Crippen molar-refractivity contribution in [1.29, 1.82) is 0 Å². The number of rotatable bonds is 4. The molecule has 2 amide bonds. The zero-order chi connectivity index (χ0) is 23.8. The van der Waals surface area contributed by atoms with Gasteiger partial charge in [-0.25, -0.2) is 4.98 Å². The van der Waals surface area contributed by atoms with E-state index in [1.807, 2.05) is 13.8 Å². The molecule has 1 unspecified atom stereocenters. The van der Waals surface area contributed by atoms with E-state index in [0.29, 0.717) is 11.2 Å². The van der Waals surface area contributed by atoms with Crippen LogP contribution in [0.3, 0.4) is 0 Å². The number of halogens is 3. The lowest BCUT2D eigenvalue weighted by Crippen LogP contribution is -2.50. The predicted octanol–water partition coefficient (Wildman–Crippen LogP) is 5.40. The number of anilines is 2. The van der Waals surface area contributed by atoms with E-state index in [1.165, 1.54) is 18.6 Å². The van der Waals surface area contributed by atoms with E-state index in [2.05, 4.69) is 14.9 Å². The highest BCUT2D eigenvalue weighted by Crippen LogP contribution is 2.39. The van der Waals surface area contributed by atoms with Crippen molar-refractivity contribution in [3.05, 3.63) is 35.7 Å². The molecule has 0 bridgehead atoms. The first-order chi connectivity index (χ1) is 15.7. The zero-order valence-corrected chi connectivity index (χ0v) is 19.4. The van der Waals surface area contributed by atoms with E-state index in [1.54, 1.807) is 12.1 Å². The van der Waals surface area contributed by atoms with Crippen LogP contribution in [-0.2, 0) is 9.59 Å². The summed E-state index contributed by atoms with van der Waals surface area (Å²) in [5.74, 6) is -1.69. The molecule has 1 saturated carbocycles. The average molecular weight is 481 g/mol. The number of imidazole rings is 1. The number of hydrogen-bond acceptors (Lipinski definition) is 4. The van der Waals surface area contributed by atoms with Crippen LogP contribution in [0.15, 0.2) is 29.4 Å². The topological polar surface area (TPSA) is 67.2 Å². The van der Waals surface area contributed by atoms with Gasteiger partial charge in [-0.05, 0) is 38.8 Å². The molecule has 2 aromatic rings. The summed E-state index contributed by atoms with van der Waals surface area (Å²) in [5.41, 5.74) is 2.14. The Morgan fingerprint density at radius 2 is 1.88 bits per heavy atom. The van der Waals surface area contributed by atoms with Crippen LogP contribution >= 0.6 is 11.8 Å². The van der Waals surface area contributed by atoms with Crippen molar-refractivity contribution in [1.82, 2.24) is 9.55 Å². The fourth-order valence-corrected chi connectivity index (χ4v) is 5.68. The standard InChI is InChI=1S/C23H27F3N4O2S/c1-14-15(2)29(16-8-4-3-5-9-16)22(27-14)33-13-21(32)30-18-11-7-6-10-17(18)28-20(31)12-19(30)23(24,25)26/h6-7,10-11,16,19H,3-5,8-9,12-13H2,1-2H3,(H,28,31). The summed E-state index contributed by atoms with van der Waals surface area (Å²) in [7, 11) is 0. The first kappa shape index (κ1) is 23.7. The van der Waals surface area contributed by atoms with Crippen molar-refractivity contribution < 1.29 is 22.8 Å². The largest absolute Gasteiger partial charge is 0.409 e. The molecule has 4 rings (SSSR count). The molecule has 0 saturated heterocycles. The molecular formula is C23H27F3N4O2S. The molecule has 0 radical (unpaired) electrons. The number of benzene rings is 1. The summed E-state index contributed by atoms with van der Waals surface area (Å²) >= 11 is 1.16. The lowest BCUT2D eigenvalue weighted by molar-refractivity contribution is -0.157. The maximum atomic E-state index is 13.9. The number of hydrogen-bond donors (Lipinski definition) is 1. The second-order valence-electron chi connectivity index (χ2n) is 8.61. The number of carbonyl (C=O) groups excluding carboxylic acids is 2. The molecule has 10 heteroatoms. The van der Waals surface area contributed by atoms with Gasteiger partial charge in [0.25, 0.3) is 0 Å². The van der Waals surface area contributed by atoms with Crippen LogP contribution in [0, 0.1) is 13.8 Å². The van der Waals surface area contributed by atoms with Gasteiger partial charge in [-0.1, -0.05) is 43.2 Å². The number of thioether (sulfide) groups is 1. The smallest absolute Gasteiger partial charge is 0.324 e. The maximum absolute atomic E-state index is 13.9. The van der Waals surface area contributed by atoms with Gasteiger partial charge >= 0.3 is 6.18 Å². The summed E-state index contributed by atoms with van der Waals surface area (Å²) in [6.45, 7) is 3.90. The van der Waals surface area contributed by atoms with Gasteiger partial charge in [0.05, 0.1) is 29.2 Å². The Bertz CT molecular complexity index is 1050. The van der Waals surface area contributed by atoms with Crippen molar-refractivity contribution in [2.45, 2.75) is 75.8 Å². The molecule has 1 aliphatic heterocycles. The molecule has 1 aromatic carbocycles. The predicted molar refractivity (Wildman–Crippen MR) is 122 cm³/mol. The lowest BCUT2D eigenvalue weighted by atomic mass is 9.95. The number of aromatic nitrogens is 2. The van der Waals surface area contributed by atoms with Crippen molar-refractivity contribution in [3.63, 3.8) is 0 Å². The highest BCUT2D eigenvalue weighted by molar-refractivity contribution is 7.99. The minimum atomic E-state index is -4.75. The fourth-order valence-electron chi connectivity index (χ4n) is 4.66. The quantitative estimate of drug-likeness (QED) is 0.595. The molecular weight excluding hydrogens is 453 g/mol. The van der Waals surface area contributed by atoms with Crippen LogP contribution < -0.4 is 10.2 Å². The Labute approximate surface area is 194 Å². The van der Waals surface area contributed by atoms with E-state index in [9.17, 15) is 22.8 Å².